The van der Waals surface area contributed by atoms with Crippen molar-refractivity contribution in [1.29, 1.82) is 0 Å². The molecule has 1 heterocycles. The third-order valence-electron chi connectivity index (χ3n) is 2.82. The fourth-order valence-corrected chi connectivity index (χ4v) is 1.85. The fraction of sp³-hybridized carbons (Fsp3) is 0.231. The average molecular weight is 229 g/mol. The Hall–Kier alpha value is -2.10. The molecular formula is C13H15N3O. The molecular weight excluding hydrogens is 214 g/mol. The van der Waals surface area contributed by atoms with Gasteiger partial charge in [-0.25, -0.2) is 4.98 Å². The summed E-state index contributed by atoms with van der Waals surface area (Å²) in [5, 5.41) is 1.04. The summed E-state index contributed by atoms with van der Waals surface area (Å²) in [6, 6.07) is 7.83. The van der Waals surface area contributed by atoms with Crippen molar-refractivity contribution in [2.75, 3.05) is 5.73 Å². The number of primary amides is 1. The van der Waals surface area contributed by atoms with Crippen molar-refractivity contribution in [3.63, 3.8) is 0 Å². The molecule has 4 N–H and O–H groups in total. The fourth-order valence-electron chi connectivity index (χ4n) is 1.85. The second-order valence-electron chi connectivity index (χ2n) is 4.14. The Morgan fingerprint density at radius 1 is 1.41 bits per heavy atom. The molecule has 0 spiro atoms. The lowest BCUT2D eigenvalue weighted by Gasteiger charge is -2.07. The van der Waals surface area contributed by atoms with Gasteiger partial charge in [-0.1, -0.05) is 12.1 Å². The zero-order valence-corrected chi connectivity index (χ0v) is 9.73. The minimum absolute atomic E-state index is 0.290. The van der Waals surface area contributed by atoms with Crippen LogP contribution >= 0.6 is 0 Å². The number of fused-ring (bicyclic) bond motifs is 1. The smallest absolute Gasteiger partial charge is 0.217 e. The van der Waals surface area contributed by atoms with Gasteiger partial charge in [0.25, 0.3) is 0 Å². The third-order valence-corrected chi connectivity index (χ3v) is 2.82. The van der Waals surface area contributed by atoms with Crippen LogP contribution in [0.2, 0.25) is 0 Å². The van der Waals surface area contributed by atoms with Gasteiger partial charge in [0.1, 0.15) is 5.82 Å². The monoisotopic (exact) mass is 229 g/mol. The van der Waals surface area contributed by atoms with Crippen molar-refractivity contribution in [1.82, 2.24) is 4.98 Å². The second kappa shape index (κ2) is 4.41. The van der Waals surface area contributed by atoms with E-state index in [9.17, 15) is 4.79 Å². The number of aryl methyl sites for hydroxylation is 2. The summed E-state index contributed by atoms with van der Waals surface area (Å²) < 4.78 is 0. The molecule has 0 aliphatic rings. The molecule has 2 aromatic rings. The van der Waals surface area contributed by atoms with Gasteiger partial charge in [-0.3, -0.25) is 4.79 Å². The van der Waals surface area contributed by atoms with Gasteiger partial charge in [-0.15, -0.1) is 0 Å². The summed E-state index contributed by atoms with van der Waals surface area (Å²) >= 11 is 0. The summed E-state index contributed by atoms with van der Waals surface area (Å²) in [7, 11) is 0. The van der Waals surface area contributed by atoms with E-state index in [4.69, 9.17) is 11.5 Å². The van der Waals surface area contributed by atoms with Crippen LogP contribution in [0.4, 0.5) is 5.82 Å². The number of anilines is 1. The van der Waals surface area contributed by atoms with E-state index >= 15 is 0 Å². The highest BCUT2D eigenvalue weighted by molar-refractivity contribution is 5.85. The molecule has 2 rings (SSSR count). The van der Waals surface area contributed by atoms with Gasteiger partial charge in [-0.2, -0.15) is 0 Å². The minimum Gasteiger partial charge on any atom is -0.383 e. The van der Waals surface area contributed by atoms with E-state index in [1.165, 1.54) is 0 Å². The number of carbonyl (C=O) groups is 1. The Labute approximate surface area is 99.6 Å². The lowest BCUT2D eigenvalue weighted by Crippen LogP contribution is -2.11. The topological polar surface area (TPSA) is 82.0 Å². The molecule has 1 amide bonds. The number of aromatic nitrogens is 1. The number of nitrogens with two attached hydrogens (primary N) is 2. The highest BCUT2D eigenvalue weighted by atomic mass is 16.1. The van der Waals surface area contributed by atoms with Crippen LogP contribution in [0.5, 0.6) is 0 Å². The molecule has 1 aromatic carbocycles. The number of carbonyl (C=O) groups excluding carboxylic acids is 1. The predicted octanol–water partition coefficient (Wildman–Crippen LogP) is 1.54. The molecule has 1 aromatic heterocycles. The number of hydrogen-bond acceptors (Lipinski definition) is 3. The zero-order chi connectivity index (χ0) is 12.4. The SMILES string of the molecule is Cc1cc2c(CCC(N)=O)cccc2nc1N. The number of pyridine rings is 1. The minimum atomic E-state index is -0.290. The summed E-state index contributed by atoms with van der Waals surface area (Å²) in [6.45, 7) is 1.92. The molecule has 88 valence electrons. The number of rotatable bonds is 3. The molecule has 0 saturated carbocycles. The Kier molecular flexibility index (Phi) is 2.95. The Balaban J connectivity index is 2.49. The number of nitrogens with zero attached hydrogens (tertiary/aromatic N) is 1. The Morgan fingerprint density at radius 2 is 2.18 bits per heavy atom. The van der Waals surface area contributed by atoms with Crippen molar-refractivity contribution in [2.24, 2.45) is 5.73 Å². The molecule has 17 heavy (non-hydrogen) atoms. The summed E-state index contributed by atoms with van der Waals surface area (Å²) in [5.74, 6) is 0.256. The van der Waals surface area contributed by atoms with Crippen LogP contribution in [0.1, 0.15) is 17.5 Å². The van der Waals surface area contributed by atoms with E-state index in [1.807, 2.05) is 31.2 Å². The van der Waals surface area contributed by atoms with Gasteiger partial charge in [0.15, 0.2) is 0 Å². The number of nitrogen functional groups attached to an aromatic ring is 1. The van der Waals surface area contributed by atoms with Crippen LogP contribution < -0.4 is 11.5 Å². The third kappa shape index (κ3) is 2.36. The first-order valence-electron chi connectivity index (χ1n) is 5.51. The van der Waals surface area contributed by atoms with Crippen LogP contribution in [-0.4, -0.2) is 10.9 Å². The first-order chi connectivity index (χ1) is 8.08. The molecule has 0 aliphatic heterocycles. The van der Waals surface area contributed by atoms with E-state index < -0.39 is 0 Å². The standard InChI is InChI=1S/C13H15N3O/c1-8-7-10-9(5-6-12(14)17)3-2-4-11(10)16-13(8)15/h2-4,7H,5-6H2,1H3,(H2,14,17)(H2,15,16). The zero-order valence-electron chi connectivity index (χ0n) is 9.73. The van der Waals surface area contributed by atoms with Crippen LogP contribution in [0.25, 0.3) is 10.9 Å². The van der Waals surface area contributed by atoms with Gasteiger partial charge in [-0.05, 0) is 36.6 Å². The number of benzene rings is 1. The molecule has 0 atom stereocenters. The van der Waals surface area contributed by atoms with Gasteiger partial charge < -0.3 is 11.5 Å². The predicted molar refractivity (Wildman–Crippen MR) is 68.4 cm³/mol. The van der Waals surface area contributed by atoms with Crippen molar-refractivity contribution in [3.8, 4) is 0 Å². The quantitative estimate of drug-likeness (QED) is 0.837. The second-order valence-corrected chi connectivity index (χ2v) is 4.14. The molecule has 4 nitrogen and oxygen atoms in total. The van der Waals surface area contributed by atoms with Crippen LogP contribution in [0, 0.1) is 6.92 Å². The van der Waals surface area contributed by atoms with E-state index in [0.29, 0.717) is 18.7 Å². The average Bonchev–Trinajstić information content (AvgIpc) is 2.28. The summed E-state index contributed by atoms with van der Waals surface area (Å²) in [4.78, 5) is 15.1. The highest BCUT2D eigenvalue weighted by Crippen LogP contribution is 2.22. The van der Waals surface area contributed by atoms with E-state index in [0.717, 1.165) is 22.0 Å². The Morgan fingerprint density at radius 3 is 2.88 bits per heavy atom. The molecule has 0 radical (unpaired) electrons. The van der Waals surface area contributed by atoms with Crippen molar-refractivity contribution < 1.29 is 4.79 Å². The molecule has 0 aliphatic carbocycles. The van der Waals surface area contributed by atoms with Gasteiger partial charge in [0, 0.05) is 11.8 Å². The summed E-state index contributed by atoms with van der Waals surface area (Å²) in [6.07, 6.45) is 0.986. The number of hydrogen-bond donors (Lipinski definition) is 2. The number of amides is 1. The molecule has 0 saturated heterocycles. The van der Waals surface area contributed by atoms with Crippen molar-refractivity contribution in [2.45, 2.75) is 19.8 Å². The lowest BCUT2D eigenvalue weighted by molar-refractivity contribution is -0.117. The van der Waals surface area contributed by atoms with Crippen LogP contribution in [-0.2, 0) is 11.2 Å². The maximum Gasteiger partial charge on any atom is 0.217 e. The van der Waals surface area contributed by atoms with Crippen molar-refractivity contribution >= 4 is 22.6 Å². The molecule has 4 heteroatoms. The maximum atomic E-state index is 10.8. The lowest BCUT2D eigenvalue weighted by atomic mass is 10.0. The molecule has 0 bridgehead atoms. The van der Waals surface area contributed by atoms with Crippen LogP contribution in [0.15, 0.2) is 24.3 Å². The van der Waals surface area contributed by atoms with Crippen molar-refractivity contribution in [3.05, 3.63) is 35.4 Å². The van der Waals surface area contributed by atoms with E-state index in [-0.39, 0.29) is 5.91 Å². The van der Waals surface area contributed by atoms with Gasteiger partial charge in [0.2, 0.25) is 5.91 Å². The molecule has 0 unspecified atom stereocenters. The van der Waals surface area contributed by atoms with E-state index in [2.05, 4.69) is 4.98 Å². The maximum absolute atomic E-state index is 10.8. The first kappa shape index (κ1) is 11.4. The van der Waals surface area contributed by atoms with E-state index in [1.54, 1.807) is 0 Å². The normalized spacial score (nSPS) is 10.6. The van der Waals surface area contributed by atoms with Crippen LogP contribution in [0.3, 0.4) is 0 Å². The molecule has 0 fully saturated rings. The highest BCUT2D eigenvalue weighted by Gasteiger charge is 2.06. The largest absolute Gasteiger partial charge is 0.383 e. The van der Waals surface area contributed by atoms with Gasteiger partial charge in [0.05, 0.1) is 5.52 Å². The first-order valence-corrected chi connectivity index (χ1v) is 5.51. The summed E-state index contributed by atoms with van der Waals surface area (Å²) in [5.41, 5.74) is 13.8. The Bertz CT molecular complexity index is 578. The van der Waals surface area contributed by atoms with Gasteiger partial charge >= 0.3 is 0 Å².